The molecule has 0 heterocycles. The molecule has 0 unspecified atom stereocenters. The Labute approximate surface area is 95.1 Å². The van der Waals surface area contributed by atoms with Crippen molar-refractivity contribution in [3.63, 3.8) is 0 Å². The summed E-state index contributed by atoms with van der Waals surface area (Å²) < 4.78 is 0. The van der Waals surface area contributed by atoms with E-state index in [9.17, 15) is 0 Å². The fraction of sp³-hybridized carbons (Fsp3) is 0.875. The van der Waals surface area contributed by atoms with Crippen LogP contribution >= 0.6 is 0 Å². The molecule has 0 aliphatic carbocycles. The van der Waals surface area contributed by atoms with E-state index in [1.807, 2.05) is 0 Å². The molecule has 0 spiro atoms. The third kappa shape index (κ3) is 5.50. The number of rotatable bonds is 4. The molecular formula is C8H19ClMgSi. The van der Waals surface area contributed by atoms with Crippen LogP contribution in [0.2, 0.25) is 24.2 Å². The molecule has 11 heavy (non-hydrogen) atoms. The van der Waals surface area contributed by atoms with Gasteiger partial charge in [-0.3, -0.25) is 0 Å². The van der Waals surface area contributed by atoms with Crippen LogP contribution in [0.25, 0.3) is 0 Å². The number of hydrogen-bond donors (Lipinski definition) is 0. The van der Waals surface area contributed by atoms with Gasteiger partial charge in [-0.05, 0) is 0 Å². The molecule has 0 fully saturated rings. The normalized spacial score (nSPS) is 9.82. The van der Waals surface area contributed by atoms with Crippen molar-refractivity contribution >= 4 is 31.1 Å². The topological polar surface area (TPSA) is 0 Å². The first-order chi connectivity index (χ1) is 4.24. The van der Waals surface area contributed by atoms with Crippen molar-refractivity contribution < 1.29 is 12.4 Å². The van der Waals surface area contributed by atoms with E-state index < -0.39 is 8.07 Å². The van der Waals surface area contributed by atoms with Crippen LogP contribution in [0.1, 0.15) is 20.8 Å². The molecule has 0 aliphatic rings. The molecule has 0 aromatic heterocycles. The molecule has 3 heteroatoms. The second kappa shape index (κ2) is 9.36. The summed E-state index contributed by atoms with van der Waals surface area (Å²) in [5.74, 6) is 0. The maximum atomic E-state index is 4.03. The van der Waals surface area contributed by atoms with E-state index in [-0.39, 0.29) is 35.5 Å². The van der Waals surface area contributed by atoms with Crippen molar-refractivity contribution in [3.05, 3.63) is 6.92 Å². The van der Waals surface area contributed by atoms with Gasteiger partial charge in [0.1, 0.15) is 0 Å². The van der Waals surface area contributed by atoms with Gasteiger partial charge in [-0.1, -0.05) is 38.9 Å². The fourth-order valence-corrected chi connectivity index (χ4v) is 3.84. The van der Waals surface area contributed by atoms with E-state index in [1.165, 1.54) is 24.2 Å². The Hall–Kier alpha value is 1.27. The maximum Gasteiger partial charge on any atom is 2.00 e. The van der Waals surface area contributed by atoms with Crippen molar-refractivity contribution in [3.8, 4) is 0 Å². The molecule has 0 radical (unpaired) electrons. The SMILES string of the molecule is [CH2-]C[Si](CC)(CC)CC.[Cl-].[Mg+2]. The Morgan fingerprint density at radius 2 is 1.27 bits per heavy atom. The van der Waals surface area contributed by atoms with E-state index >= 15 is 0 Å². The van der Waals surface area contributed by atoms with Crippen molar-refractivity contribution in [2.24, 2.45) is 0 Å². The zero-order valence-corrected chi connectivity index (χ0v) is 11.3. The standard InChI is InChI=1S/C8H19Si.ClH.Mg/c1-5-9(6-2,7-3)8-4;;/h1,5-8H2,2-4H3;1H;/q-1;;+2/p-1. The van der Waals surface area contributed by atoms with Crippen LogP contribution in [0.3, 0.4) is 0 Å². The molecule has 0 amide bonds. The predicted molar refractivity (Wildman–Crippen MR) is 53.1 cm³/mol. The first-order valence-corrected chi connectivity index (χ1v) is 6.86. The second-order valence-electron chi connectivity index (χ2n) is 2.81. The summed E-state index contributed by atoms with van der Waals surface area (Å²) in [6.45, 7) is 11.0. The molecule has 0 rings (SSSR count). The van der Waals surface area contributed by atoms with Gasteiger partial charge in [-0.15, -0.1) is 0 Å². The van der Waals surface area contributed by atoms with Gasteiger partial charge in [-0.25, -0.2) is 0 Å². The fourth-order valence-electron chi connectivity index (χ4n) is 1.28. The number of hydrogen-bond acceptors (Lipinski definition) is 0. The van der Waals surface area contributed by atoms with Gasteiger partial charge in [0, 0.05) is 8.07 Å². The minimum absolute atomic E-state index is 0. The van der Waals surface area contributed by atoms with E-state index in [4.69, 9.17) is 0 Å². The van der Waals surface area contributed by atoms with E-state index in [1.54, 1.807) is 0 Å². The van der Waals surface area contributed by atoms with Crippen molar-refractivity contribution in [1.29, 1.82) is 0 Å². The van der Waals surface area contributed by atoms with Crippen LogP contribution < -0.4 is 12.4 Å². The summed E-state index contributed by atoms with van der Waals surface area (Å²) in [7, 11) is -0.802. The van der Waals surface area contributed by atoms with Crippen LogP contribution in [-0.2, 0) is 0 Å². The van der Waals surface area contributed by atoms with Gasteiger partial charge in [-0.2, -0.15) is 6.04 Å². The van der Waals surface area contributed by atoms with Gasteiger partial charge >= 0.3 is 23.1 Å². The minimum atomic E-state index is -0.802. The molecule has 0 atom stereocenters. The summed E-state index contributed by atoms with van der Waals surface area (Å²) >= 11 is 0. The third-order valence-electron chi connectivity index (χ3n) is 2.78. The Kier molecular flexibility index (Phi) is 15.4. The molecule has 0 N–H and O–H groups in total. The van der Waals surface area contributed by atoms with Gasteiger partial charge in [0.2, 0.25) is 0 Å². The Morgan fingerprint density at radius 3 is 1.27 bits per heavy atom. The first kappa shape index (κ1) is 18.1. The third-order valence-corrected chi connectivity index (χ3v) is 8.34. The van der Waals surface area contributed by atoms with Gasteiger partial charge in [0.25, 0.3) is 0 Å². The summed E-state index contributed by atoms with van der Waals surface area (Å²) in [6.07, 6.45) is 0. The van der Waals surface area contributed by atoms with Crippen molar-refractivity contribution in [1.82, 2.24) is 0 Å². The van der Waals surface area contributed by atoms with E-state index in [2.05, 4.69) is 27.7 Å². The number of halogens is 1. The molecule has 0 bridgehead atoms. The molecule has 0 aromatic rings. The average Bonchev–Trinajstić information content (AvgIpc) is 1.95. The smallest absolute Gasteiger partial charge is 1.00 e. The van der Waals surface area contributed by atoms with E-state index in [0.29, 0.717) is 0 Å². The van der Waals surface area contributed by atoms with Crippen molar-refractivity contribution in [2.75, 3.05) is 0 Å². The zero-order chi connectivity index (χ0) is 7.33. The Balaban J connectivity index is -0.000000320. The maximum absolute atomic E-state index is 4.03. The van der Waals surface area contributed by atoms with Gasteiger partial charge < -0.3 is 19.3 Å². The van der Waals surface area contributed by atoms with Crippen LogP contribution in [-0.4, -0.2) is 31.1 Å². The van der Waals surface area contributed by atoms with Crippen LogP contribution in [0.5, 0.6) is 0 Å². The summed E-state index contributed by atoms with van der Waals surface area (Å²) in [4.78, 5) is 0. The molecule has 0 saturated heterocycles. The summed E-state index contributed by atoms with van der Waals surface area (Å²) in [6, 6.07) is 5.49. The molecule has 0 aliphatic heterocycles. The van der Waals surface area contributed by atoms with Crippen LogP contribution in [0, 0.1) is 6.92 Å². The summed E-state index contributed by atoms with van der Waals surface area (Å²) in [5.41, 5.74) is 0. The largest absolute Gasteiger partial charge is 2.00 e. The summed E-state index contributed by atoms with van der Waals surface area (Å²) in [5, 5.41) is 0. The zero-order valence-electron chi connectivity index (χ0n) is 8.12. The molecule has 64 valence electrons. The quantitative estimate of drug-likeness (QED) is 0.444. The molecular weight excluding hydrogens is 184 g/mol. The Bertz CT molecular complexity index is 57.0. The van der Waals surface area contributed by atoms with Crippen LogP contribution in [0.15, 0.2) is 0 Å². The van der Waals surface area contributed by atoms with Gasteiger partial charge in [0.05, 0.1) is 0 Å². The first-order valence-electron chi connectivity index (χ1n) is 4.04. The van der Waals surface area contributed by atoms with Crippen LogP contribution in [0.4, 0.5) is 0 Å². The van der Waals surface area contributed by atoms with Gasteiger partial charge in [0.15, 0.2) is 0 Å². The second-order valence-corrected chi connectivity index (χ2v) is 8.43. The predicted octanol–water partition coefficient (Wildman–Crippen LogP) is -0.0478. The minimum Gasteiger partial charge on any atom is -1.00 e. The molecule has 0 aromatic carbocycles. The molecule has 0 saturated carbocycles. The Morgan fingerprint density at radius 1 is 1.00 bits per heavy atom. The monoisotopic (exact) mass is 202 g/mol. The van der Waals surface area contributed by atoms with Crippen molar-refractivity contribution in [2.45, 2.75) is 44.9 Å². The molecule has 0 nitrogen and oxygen atoms in total. The van der Waals surface area contributed by atoms with E-state index in [0.717, 1.165) is 0 Å². The average molecular weight is 203 g/mol.